The number of aryl methyl sites for hydroxylation is 2. The third-order valence-electron chi connectivity index (χ3n) is 4.94. The molecule has 9 nitrogen and oxygen atoms in total. The molecule has 0 fully saturated rings. The van der Waals surface area contributed by atoms with Gasteiger partial charge in [0.25, 0.3) is 21.8 Å². The van der Waals surface area contributed by atoms with Gasteiger partial charge in [0.05, 0.1) is 16.3 Å². The van der Waals surface area contributed by atoms with Crippen molar-refractivity contribution in [3.63, 3.8) is 0 Å². The van der Waals surface area contributed by atoms with Crippen LogP contribution in [0.25, 0.3) is 5.70 Å². The van der Waals surface area contributed by atoms with E-state index in [1.807, 2.05) is 26.0 Å². The first kappa shape index (κ1) is 25.3. The second kappa shape index (κ2) is 10.7. The van der Waals surface area contributed by atoms with E-state index in [-0.39, 0.29) is 17.1 Å². The lowest BCUT2D eigenvalue weighted by Gasteiger charge is -2.13. The van der Waals surface area contributed by atoms with Crippen LogP contribution >= 0.6 is 0 Å². The molecule has 0 aliphatic rings. The zero-order valence-corrected chi connectivity index (χ0v) is 20.1. The standard InChI is InChI=1S/C25H26N4O5S/c1-16-7-12-23(17(2)13-16)29-35(32,33)22-6-4-5-20(14-22)25(31)28-27-18(3)19-8-10-21(11-9-19)34-15-24(26)30/h4-14,27,29H,3,15H2,1-2H3,(H2,26,30)(H,28,31). The number of nitrogens with two attached hydrogens (primary N) is 1. The maximum absolute atomic E-state index is 12.9. The zero-order chi connectivity index (χ0) is 25.6. The van der Waals surface area contributed by atoms with Crippen molar-refractivity contribution in [3.8, 4) is 5.75 Å². The number of hydrazine groups is 1. The Hall–Kier alpha value is -4.31. The highest BCUT2D eigenvalue weighted by atomic mass is 32.2. The summed E-state index contributed by atoms with van der Waals surface area (Å²) >= 11 is 0. The molecule has 0 unspecified atom stereocenters. The summed E-state index contributed by atoms with van der Waals surface area (Å²) in [4.78, 5) is 23.4. The molecule has 0 saturated heterocycles. The molecule has 0 aliphatic heterocycles. The van der Waals surface area contributed by atoms with E-state index in [2.05, 4.69) is 22.2 Å². The highest BCUT2D eigenvalue weighted by molar-refractivity contribution is 7.92. The van der Waals surface area contributed by atoms with Crippen LogP contribution in [0, 0.1) is 13.8 Å². The van der Waals surface area contributed by atoms with Crippen molar-refractivity contribution in [2.75, 3.05) is 11.3 Å². The molecule has 0 spiro atoms. The average molecular weight is 495 g/mol. The van der Waals surface area contributed by atoms with E-state index >= 15 is 0 Å². The predicted octanol–water partition coefficient (Wildman–Crippen LogP) is 2.87. The molecular weight excluding hydrogens is 468 g/mol. The molecule has 0 aromatic heterocycles. The molecule has 0 aliphatic carbocycles. The maximum atomic E-state index is 12.9. The van der Waals surface area contributed by atoms with Crippen LogP contribution in [0.5, 0.6) is 5.75 Å². The number of carbonyl (C=O) groups is 2. The van der Waals surface area contributed by atoms with E-state index in [0.29, 0.717) is 22.7 Å². The molecule has 0 bridgehead atoms. The summed E-state index contributed by atoms with van der Waals surface area (Å²) in [5.41, 5.74) is 13.7. The highest BCUT2D eigenvalue weighted by Crippen LogP contribution is 2.21. The number of hydrogen-bond donors (Lipinski definition) is 4. The Kier molecular flexibility index (Phi) is 7.77. The Balaban J connectivity index is 1.64. The molecule has 3 aromatic carbocycles. The van der Waals surface area contributed by atoms with Gasteiger partial charge in [-0.05, 0) is 73.5 Å². The van der Waals surface area contributed by atoms with Crippen LogP contribution in [0.15, 0.2) is 78.2 Å². The molecule has 0 radical (unpaired) electrons. The normalized spacial score (nSPS) is 10.8. The molecular formula is C25H26N4O5S. The molecule has 10 heteroatoms. The van der Waals surface area contributed by atoms with E-state index in [9.17, 15) is 18.0 Å². The van der Waals surface area contributed by atoms with Crippen molar-refractivity contribution < 1.29 is 22.7 Å². The van der Waals surface area contributed by atoms with Crippen LogP contribution in [0.3, 0.4) is 0 Å². The van der Waals surface area contributed by atoms with Crippen molar-refractivity contribution >= 4 is 33.2 Å². The summed E-state index contributed by atoms with van der Waals surface area (Å²) in [6.07, 6.45) is 0. The van der Waals surface area contributed by atoms with Gasteiger partial charge in [-0.2, -0.15) is 0 Å². The number of primary amides is 1. The lowest BCUT2D eigenvalue weighted by atomic mass is 10.1. The van der Waals surface area contributed by atoms with Gasteiger partial charge in [0, 0.05) is 5.56 Å². The Morgan fingerprint density at radius 1 is 0.943 bits per heavy atom. The number of sulfonamides is 1. The lowest BCUT2D eigenvalue weighted by Crippen LogP contribution is -2.35. The van der Waals surface area contributed by atoms with Crippen molar-refractivity contribution in [1.29, 1.82) is 0 Å². The molecule has 182 valence electrons. The Labute approximate surface area is 204 Å². The summed E-state index contributed by atoms with van der Waals surface area (Å²) in [5, 5.41) is 0. The van der Waals surface area contributed by atoms with Gasteiger partial charge in [-0.15, -0.1) is 0 Å². The largest absolute Gasteiger partial charge is 0.484 e. The minimum atomic E-state index is -3.90. The molecule has 3 rings (SSSR count). The molecule has 0 saturated carbocycles. The number of anilines is 1. The van der Waals surface area contributed by atoms with Gasteiger partial charge in [-0.25, -0.2) is 8.42 Å². The van der Waals surface area contributed by atoms with Crippen molar-refractivity contribution in [1.82, 2.24) is 10.9 Å². The number of rotatable bonds is 10. The third-order valence-corrected chi connectivity index (χ3v) is 6.31. The van der Waals surface area contributed by atoms with Crippen molar-refractivity contribution in [2.24, 2.45) is 5.73 Å². The van der Waals surface area contributed by atoms with Gasteiger partial charge in [0.1, 0.15) is 5.75 Å². The number of ether oxygens (including phenoxy) is 1. The smallest absolute Gasteiger partial charge is 0.269 e. The third kappa shape index (κ3) is 6.84. The Morgan fingerprint density at radius 3 is 2.31 bits per heavy atom. The van der Waals surface area contributed by atoms with Gasteiger partial charge in [0.2, 0.25) is 0 Å². The first-order valence-electron chi connectivity index (χ1n) is 10.5. The molecule has 35 heavy (non-hydrogen) atoms. The second-order valence-corrected chi connectivity index (χ2v) is 9.47. The molecule has 0 heterocycles. The van der Waals surface area contributed by atoms with Gasteiger partial charge >= 0.3 is 0 Å². The van der Waals surface area contributed by atoms with E-state index in [0.717, 1.165) is 11.1 Å². The van der Waals surface area contributed by atoms with Gasteiger partial charge < -0.3 is 10.5 Å². The lowest BCUT2D eigenvalue weighted by molar-refractivity contribution is -0.119. The summed E-state index contributed by atoms with van der Waals surface area (Å²) in [7, 11) is -3.90. The fraction of sp³-hybridized carbons (Fsp3) is 0.120. The number of nitrogens with one attached hydrogen (secondary N) is 3. The summed E-state index contributed by atoms with van der Waals surface area (Å²) in [6, 6.07) is 17.7. The maximum Gasteiger partial charge on any atom is 0.269 e. The monoisotopic (exact) mass is 494 g/mol. The van der Waals surface area contributed by atoms with Crippen LogP contribution in [-0.4, -0.2) is 26.8 Å². The van der Waals surface area contributed by atoms with Gasteiger partial charge in [-0.3, -0.25) is 25.2 Å². The first-order chi connectivity index (χ1) is 16.5. The number of amides is 2. The van der Waals surface area contributed by atoms with E-state index in [1.54, 1.807) is 30.3 Å². The zero-order valence-electron chi connectivity index (χ0n) is 19.3. The quantitative estimate of drug-likeness (QED) is 0.320. The summed E-state index contributed by atoms with van der Waals surface area (Å²) < 4.78 is 33.5. The van der Waals surface area contributed by atoms with Crippen LogP contribution in [0.1, 0.15) is 27.0 Å². The van der Waals surface area contributed by atoms with Gasteiger partial charge in [-0.1, -0.05) is 30.3 Å². The van der Waals surface area contributed by atoms with E-state index in [4.69, 9.17) is 10.5 Å². The molecule has 2 amide bonds. The fourth-order valence-corrected chi connectivity index (χ4v) is 4.30. The Bertz CT molecular complexity index is 1370. The molecule has 3 aromatic rings. The summed E-state index contributed by atoms with van der Waals surface area (Å²) in [5.74, 6) is -0.672. The number of carbonyl (C=O) groups excluding carboxylic acids is 2. The predicted molar refractivity (Wildman–Crippen MR) is 134 cm³/mol. The van der Waals surface area contributed by atoms with Crippen molar-refractivity contribution in [3.05, 3.63) is 95.6 Å². The summed E-state index contributed by atoms with van der Waals surface area (Å²) in [6.45, 7) is 7.37. The fourth-order valence-electron chi connectivity index (χ4n) is 3.12. The minimum absolute atomic E-state index is 0.0458. The number of benzene rings is 3. The second-order valence-electron chi connectivity index (χ2n) is 7.79. The SMILES string of the molecule is C=C(NNC(=O)c1cccc(S(=O)(=O)Nc2ccc(C)cc2C)c1)c1ccc(OCC(N)=O)cc1. The number of hydrogen-bond acceptors (Lipinski definition) is 6. The van der Waals surface area contributed by atoms with E-state index < -0.39 is 21.8 Å². The minimum Gasteiger partial charge on any atom is -0.484 e. The Morgan fingerprint density at radius 2 is 1.66 bits per heavy atom. The highest BCUT2D eigenvalue weighted by Gasteiger charge is 2.17. The van der Waals surface area contributed by atoms with E-state index in [1.165, 1.54) is 24.3 Å². The first-order valence-corrected chi connectivity index (χ1v) is 12.0. The average Bonchev–Trinajstić information content (AvgIpc) is 2.83. The van der Waals surface area contributed by atoms with Crippen molar-refractivity contribution in [2.45, 2.75) is 18.7 Å². The molecule has 0 atom stereocenters. The van der Waals surface area contributed by atoms with Gasteiger partial charge in [0.15, 0.2) is 6.61 Å². The topological polar surface area (TPSA) is 140 Å². The molecule has 5 N–H and O–H groups in total. The van der Waals surface area contributed by atoms with Crippen LogP contribution < -0.4 is 26.0 Å². The van der Waals surface area contributed by atoms with Crippen LogP contribution in [0.2, 0.25) is 0 Å². The van der Waals surface area contributed by atoms with Crippen LogP contribution in [0.4, 0.5) is 5.69 Å². The van der Waals surface area contributed by atoms with Crippen LogP contribution in [-0.2, 0) is 14.8 Å².